The number of aliphatic hydroxyl groups is 4. The molecule has 0 saturated heterocycles. The number of aliphatic hydroxyl groups excluding tert-OH is 4. The molecule has 0 aliphatic heterocycles. The Morgan fingerprint density at radius 3 is 1.34 bits per heavy atom. The topological polar surface area (TPSA) is 256 Å². The van der Waals surface area contributed by atoms with Crippen LogP contribution in [0.25, 0.3) is 0 Å². The van der Waals surface area contributed by atoms with Crippen LogP contribution in [0.3, 0.4) is 0 Å². The Morgan fingerprint density at radius 2 is 0.877 bits per heavy atom. The van der Waals surface area contributed by atoms with Gasteiger partial charge < -0.3 is 44.6 Å². The maximum atomic E-state index is 12.9. The first-order valence-corrected chi connectivity index (χ1v) is 27.2. The monoisotopic (exact) mass is 967 g/mol. The van der Waals surface area contributed by atoms with Gasteiger partial charge in [0.05, 0.1) is 6.61 Å². The SMILES string of the molecule is CCCCC/C=C\C/C=C\C/C=C\C/C=C\CCCC(=O)O[C@H](COC(=O)CCCCCCCCCCCCCCCCC)COP(=O)(O)OC1C(O)C(O)C(OP(=O)(O)O)[C@@H](O)C1O. The molecule has 65 heavy (non-hydrogen) atoms. The van der Waals surface area contributed by atoms with Crippen LogP contribution < -0.4 is 0 Å². The van der Waals surface area contributed by atoms with Gasteiger partial charge in [0.25, 0.3) is 0 Å². The first-order chi connectivity index (χ1) is 31.1. The number of rotatable bonds is 40. The van der Waals surface area contributed by atoms with Gasteiger partial charge in [0.1, 0.15) is 43.2 Å². The van der Waals surface area contributed by atoms with Crippen molar-refractivity contribution in [2.24, 2.45) is 0 Å². The lowest BCUT2D eigenvalue weighted by Crippen LogP contribution is -2.64. The molecule has 0 aromatic heterocycles. The summed E-state index contributed by atoms with van der Waals surface area (Å²) in [6, 6.07) is 0. The zero-order chi connectivity index (χ0) is 48.2. The summed E-state index contributed by atoms with van der Waals surface area (Å²) in [5.74, 6) is -1.25. The number of phosphoric acid groups is 2. The van der Waals surface area contributed by atoms with Crippen LogP contribution in [0, 0.1) is 0 Å². The van der Waals surface area contributed by atoms with Crippen LogP contribution in [-0.4, -0.2) is 103 Å². The molecule has 1 saturated carbocycles. The summed E-state index contributed by atoms with van der Waals surface area (Å²) in [7, 11) is -10.6. The van der Waals surface area contributed by atoms with E-state index in [4.69, 9.17) is 28.3 Å². The third-order valence-corrected chi connectivity index (χ3v) is 12.4. The highest BCUT2D eigenvalue weighted by atomic mass is 31.2. The van der Waals surface area contributed by atoms with E-state index >= 15 is 0 Å². The molecule has 1 rings (SSSR count). The van der Waals surface area contributed by atoms with Crippen LogP contribution in [0.1, 0.15) is 181 Å². The van der Waals surface area contributed by atoms with Gasteiger partial charge in [-0.2, -0.15) is 0 Å². The molecular formula is C47H84O16P2. The van der Waals surface area contributed by atoms with Crippen molar-refractivity contribution in [3.8, 4) is 0 Å². The maximum Gasteiger partial charge on any atom is 0.472 e. The number of phosphoric ester groups is 2. The van der Waals surface area contributed by atoms with E-state index in [0.29, 0.717) is 19.3 Å². The van der Waals surface area contributed by atoms with Crippen molar-refractivity contribution < 1.29 is 76.9 Å². The van der Waals surface area contributed by atoms with E-state index in [1.54, 1.807) is 0 Å². The number of ether oxygens (including phenoxy) is 2. The Morgan fingerprint density at radius 1 is 0.492 bits per heavy atom. The fourth-order valence-corrected chi connectivity index (χ4v) is 8.67. The second-order valence-corrected chi connectivity index (χ2v) is 19.4. The Labute approximate surface area is 388 Å². The van der Waals surface area contributed by atoms with Gasteiger partial charge in [-0.25, -0.2) is 9.13 Å². The number of esters is 2. The zero-order valence-corrected chi connectivity index (χ0v) is 40.9. The van der Waals surface area contributed by atoms with Crippen LogP contribution in [0.2, 0.25) is 0 Å². The molecule has 7 N–H and O–H groups in total. The molecule has 378 valence electrons. The van der Waals surface area contributed by atoms with Gasteiger partial charge in [-0.1, -0.05) is 165 Å². The van der Waals surface area contributed by atoms with Crippen molar-refractivity contribution in [1.82, 2.24) is 0 Å². The van der Waals surface area contributed by atoms with Gasteiger partial charge in [-0.3, -0.25) is 23.2 Å². The summed E-state index contributed by atoms with van der Waals surface area (Å²) in [4.78, 5) is 54.0. The number of unbranched alkanes of at least 4 members (excludes halogenated alkanes) is 18. The molecule has 1 fully saturated rings. The average molecular weight is 967 g/mol. The molecular weight excluding hydrogens is 882 g/mol. The minimum atomic E-state index is -5.31. The number of carbonyl (C=O) groups is 2. The summed E-state index contributed by atoms with van der Waals surface area (Å²) < 4.78 is 49.1. The van der Waals surface area contributed by atoms with Crippen LogP contribution in [0.15, 0.2) is 48.6 Å². The van der Waals surface area contributed by atoms with Crippen LogP contribution >= 0.6 is 15.6 Å². The molecule has 16 nitrogen and oxygen atoms in total. The van der Waals surface area contributed by atoms with Crippen molar-refractivity contribution in [2.45, 2.75) is 224 Å². The molecule has 0 spiro atoms. The standard InChI is InChI=1S/C47H84O16P2/c1-3-5-7-9-11-13-15-17-19-20-22-24-26-28-30-32-34-36-41(49)61-39(37-59-40(48)35-33-31-29-27-25-23-21-18-16-14-12-10-8-6-4-2)38-60-65(57,58)63-47-44(52)42(50)46(43(51)45(47)53)62-64(54,55)56/h11,13,17,19,22,24,28,30,39,42-47,50-53H,3-10,12,14-16,18,20-21,23,25-27,29,31-38H2,1-2H3,(H,57,58)(H2,54,55,56)/b13-11-,19-17-,24-22-,30-28-/t39-,42+,43?,44?,45?,46?,47?/m1/s1. The molecule has 0 radical (unpaired) electrons. The molecule has 1 aliphatic rings. The Kier molecular flexibility index (Phi) is 35.5. The number of carbonyl (C=O) groups excluding carboxylic acids is 2. The fraction of sp³-hybridized carbons (Fsp3) is 0.787. The highest BCUT2D eigenvalue weighted by Crippen LogP contribution is 2.48. The summed E-state index contributed by atoms with van der Waals surface area (Å²) >= 11 is 0. The first-order valence-electron chi connectivity index (χ1n) is 24.2. The predicted molar refractivity (Wildman–Crippen MR) is 250 cm³/mol. The second kappa shape index (κ2) is 37.9. The molecule has 1 aliphatic carbocycles. The van der Waals surface area contributed by atoms with Gasteiger partial charge >= 0.3 is 27.6 Å². The number of hydrogen-bond acceptors (Lipinski definition) is 13. The molecule has 0 heterocycles. The highest BCUT2D eigenvalue weighted by molar-refractivity contribution is 7.47. The Bertz CT molecular complexity index is 1430. The molecule has 8 atom stereocenters. The minimum Gasteiger partial charge on any atom is -0.462 e. The van der Waals surface area contributed by atoms with Gasteiger partial charge in [-0.15, -0.1) is 0 Å². The van der Waals surface area contributed by atoms with Crippen molar-refractivity contribution in [3.05, 3.63) is 48.6 Å². The van der Waals surface area contributed by atoms with Crippen molar-refractivity contribution in [2.75, 3.05) is 13.2 Å². The van der Waals surface area contributed by atoms with E-state index in [2.05, 4.69) is 54.8 Å². The van der Waals surface area contributed by atoms with Gasteiger partial charge in [0.15, 0.2) is 6.10 Å². The number of hydrogen-bond donors (Lipinski definition) is 7. The lowest BCUT2D eigenvalue weighted by Gasteiger charge is -2.43. The Balaban J connectivity index is 2.61. The lowest BCUT2D eigenvalue weighted by atomic mass is 9.85. The quantitative estimate of drug-likeness (QED) is 0.0131. The minimum absolute atomic E-state index is 0.0248. The van der Waals surface area contributed by atoms with Crippen LogP contribution in [-0.2, 0) is 41.8 Å². The van der Waals surface area contributed by atoms with E-state index in [1.807, 2.05) is 12.2 Å². The summed E-state index contributed by atoms with van der Waals surface area (Å²) in [6.45, 7) is 3.07. The van der Waals surface area contributed by atoms with E-state index < -0.39 is 83.5 Å². The van der Waals surface area contributed by atoms with Gasteiger partial charge in [0, 0.05) is 12.8 Å². The highest BCUT2D eigenvalue weighted by Gasteiger charge is 2.54. The van der Waals surface area contributed by atoms with E-state index in [0.717, 1.165) is 51.4 Å². The molecule has 0 aromatic rings. The normalized spacial score (nSPS) is 22.0. The fourth-order valence-electron chi connectivity index (χ4n) is 7.14. The molecule has 0 aromatic carbocycles. The van der Waals surface area contributed by atoms with Crippen LogP contribution in [0.5, 0.6) is 0 Å². The molecule has 18 heteroatoms. The average Bonchev–Trinajstić information content (AvgIpc) is 3.26. The van der Waals surface area contributed by atoms with Crippen molar-refractivity contribution in [1.29, 1.82) is 0 Å². The predicted octanol–water partition coefficient (Wildman–Crippen LogP) is 9.29. The summed E-state index contributed by atoms with van der Waals surface area (Å²) in [5, 5.41) is 41.5. The molecule has 0 amide bonds. The van der Waals surface area contributed by atoms with Gasteiger partial charge in [0.2, 0.25) is 0 Å². The van der Waals surface area contributed by atoms with Crippen molar-refractivity contribution >= 4 is 27.6 Å². The van der Waals surface area contributed by atoms with Crippen LogP contribution in [0.4, 0.5) is 0 Å². The van der Waals surface area contributed by atoms with E-state index in [1.165, 1.54) is 83.5 Å². The zero-order valence-electron chi connectivity index (χ0n) is 39.2. The summed E-state index contributed by atoms with van der Waals surface area (Å²) in [5.41, 5.74) is 0. The second-order valence-electron chi connectivity index (χ2n) is 16.8. The largest absolute Gasteiger partial charge is 0.472 e. The van der Waals surface area contributed by atoms with Gasteiger partial charge in [-0.05, 0) is 51.4 Å². The Hall–Kier alpha value is -2.04. The molecule has 0 bridgehead atoms. The third kappa shape index (κ3) is 32.4. The molecule has 6 unspecified atom stereocenters. The smallest absolute Gasteiger partial charge is 0.462 e. The first kappa shape index (κ1) is 61.0. The number of allylic oxidation sites excluding steroid dienone is 8. The van der Waals surface area contributed by atoms with E-state index in [-0.39, 0.29) is 12.8 Å². The lowest BCUT2D eigenvalue weighted by molar-refractivity contribution is -0.216. The van der Waals surface area contributed by atoms with E-state index in [9.17, 15) is 44.0 Å². The van der Waals surface area contributed by atoms with Crippen molar-refractivity contribution in [3.63, 3.8) is 0 Å². The maximum absolute atomic E-state index is 12.9. The summed E-state index contributed by atoms with van der Waals surface area (Å²) in [6.07, 6.45) is 28.0. The third-order valence-electron chi connectivity index (χ3n) is 10.9.